The summed E-state index contributed by atoms with van der Waals surface area (Å²) in [6.07, 6.45) is 2.51. The van der Waals surface area contributed by atoms with Gasteiger partial charge in [0.2, 0.25) is 0 Å². The Morgan fingerprint density at radius 3 is 2.85 bits per heavy atom. The van der Waals surface area contributed by atoms with Crippen LogP contribution in [0, 0.1) is 0 Å². The van der Waals surface area contributed by atoms with Crippen molar-refractivity contribution >= 4 is 11.6 Å². The van der Waals surface area contributed by atoms with Crippen LogP contribution in [0.1, 0.15) is 37.6 Å². The van der Waals surface area contributed by atoms with Crippen molar-refractivity contribution in [3.63, 3.8) is 0 Å². The zero-order valence-electron chi connectivity index (χ0n) is 7.80. The summed E-state index contributed by atoms with van der Waals surface area (Å²) in [6.45, 7) is 4.08. The van der Waals surface area contributed by atoms with Crippen molar-refractivity contribution in [2.75, 3.05) is 0 Å². The molecule has 0 aliphatic rings. The fraction of sp³-hybridized carbons (Fsp3) is 0.556. The van der Waals surface area contributed by atoms with E-state index in [-0.39, 0.29) is 17.4 Å². The number of hydrogen-bond acceptors (Lipinski definition) is 2. The fourth-order valence-corrected chi connectivity index (χ4v) is 1.16. The third kappa shape index (κ3) is 2.31. The van der Waals surface area contributed by atoms with Gasteiger partial charge in [0.05, 0.1) is 11.4 Å². The van der Waals surface area contributed by atoms with Gasteiger partial charge < -0.3 is 4.98 Å². The van der Waals surface area contributed by atoms with E-state index < -0.39 is 0 Å². The van der Waals surface area contributed by atoms with Gasteiger partial charge in [0, 0.05) is 12.1 Å². The summed E-state index contributed by atoms with van der Waals surface area (Å²) < 4.78 is 0. The van der Waals surface area contributed by atoms with Crippen LogP contribution in [0.2, 0.25) is 0 Å². The van der Waals surface area contributed by atoms with E-state index in [0.29, 0.717) is 5.56 Å². The molecule has 0 spiro atoms. The lowest BCUT2D eigenvalue weighted by Crippen LogP contribution is -2.16. The third-order valence-corrected chi connectivity index (χ3v) is 2.40. The Balaban J connectivity index is 3.03. The number of hydrogen-bond donors (Lipinski definition) is 1. The summed E-state index contributed by atoms with van der Waals surface area (Å²) in [4.78, 5) is 18.2. The summed E-state index contributed by atoms with van der Waals surface area (Å²) >= 11 is 5.54. The number of alkyl halides is 1. The van der Waals surface area contributed by atoms with Gasteiger partial charge in [-0.25, -0.2) is 4.98 Å². The molecular formula is C9H13ClN2O. The highest BCUT2D eigenvalue weighted by molar-refractivity contribution is 6.16. The van der Waals surface area contributed by atoms with Gasteiger partial charge in [-0.3, -0.25) is 4.79 Å². The highest BCUT2D eigenvalue weighted by atomic mass is 35.5. The second-order valence-electron chi connectivity index (χ2n) is 3.07. The van der Waals surface area contributed by atoms with Crippen molar-refractivity contribution in [2.24, 2.45) is 0 Å². The van der Waals surface area contributed by atoms with E-state index in [0.717, 1.165) is 12.2 Å². The molecule has 1 heterocycles. The molecule has 0 radical (unpaired) electrons. The van der Waals surface area contributed by atoms with Crippen molar-refractivity contribution in [3.05, 3.63) is 27.9 Å². The maximum Gasteiger partial charge on any atom is 0.255 e. The minimum absolute atomic E-state index is 0.125. The minimum atomic E-state index is -0.125. The van der Waals surface area contributed by atoms with Gasteiger partial charge in [-0.1, -0.05) is 13.8 Å². The van der Waals surface area contributed by atoms with Crippen LogP contribution in [0.5, 0.6) is 0 Å². The normalized spacial score (nSPS) is 12.8. The smallest absolute Gasteiger partial charge is 0.255 e. The maximum atomic E-state index is 11.3. The number of nitrogens with one attached hydrogen (secondary N) is 1. The standard InChI is InChI=1S/C9H13ClN2O/c1-3-6(2)8-11-5-7(4-10)9(13)12-8/h5-6H,3-4H2,1-2H3,(H,11,12,13). The summed E-state index contributed by atoms with van der Waals surface area (Å²) in [5, 5.41) is 0. The molecule has 0 aliphatic heterocycles. The molecule has 0 fully saturated rings. The molecule has 1 aromatic heterocycles. The number of H-pyrrole nitrogens is 1. The maximum absolute atomic E-state index is 11.3. The van der Waals surface area contributed by atoms with Crippen LogP contribution in [0.25, 0.3) is 0 Å². The monoisotopic (exact) mass is 200 g/mol. The zero-order valence-corrected chi connectivity index (χ0v) is 8.56. The Morgan fingerprint density at radius 1 is 1.69 bits per heavy atom. The largest absolute Gasteiger partial charge is 0.310 e. The molecule has 1 rings (SSSR count). The number of nitrogens with zero attached hydrogens (tertiary/aromatic N) is 1. The SMILES string of the molecule is CCC(C)c1ncc(CCl)c(=O)[nH]1. The van der Waals surface area contributed by atoms with Gasteiger partial charge in [0.15, 0.2) is 0 Å². The fourth-order valence-electron chi connectivity index (χ4n) is 0.974. The molecule has 0 aromatic carbocycles. The van der Waals surface area contributed by atoms with Gasteiger partial charge in [-0.15, -0.1) is 11.6 Å². The van der Waals surface area contributed by atoms with Crippen LogP contribution in [-0.2, 0) is 5.88 Å². The molecular weight excluding hydrogens is 188 g/mol. The molecule has 13 heavy (non-hydrogen) atoms. The molecule has 72 valence electrons. The van der Waals surface area contributed by atoms with Crippen molar-refractivity contribution in [2.45, 2.75) is 32.1 Å². The third-order valence-electron chi connectivity index (χ3n) is 2.12. The molecule has 1 atom stereocenters. The molecule has 0 amide bonds. The molecule has 1 N–H and O–H groups in total. The van der Waals surface area contributed by atoms with Crippen molar-refractivity contribution in [1.82, 2.24) is 9.97 Å². The number of rotatable bonds is 3. The number of aromatic amines is 1. The number of aromatic nitrogens is 2. The van der Waals surface area contributed by atoms with Gasteiger partial charge in [-0.2, -0.15) is 0 Å². The van der Waals surface area contributed by atoms with Crippen LogP contribution >= 0.6 is 11.6 Å². The lowest BCUT2D eigenvalue weighted by Gasteiger charge is -2.06. The van der Waals surface area contributed by atoms with Crippen LogP contribution < -0.4 is 5.56 Å². The molecule has 3 nitrogen and oxygen atoms in total. The highest BCUT2D eigenvalue weighted by Gasteiger charge is 2.06. The second-order valence-corrected chi connectivity index (χ2v) is 3.33. The van der Waals surface area contributed by atoms with E-state index >= 15 is 0 Å². The average molecular weight is 201 g/mol. The first-order valence-corrected chi connectivity index (χ1v) is 4.86. The second kappa shape index (κ2) is 4.42. The van der Waals surface area contributed by atoms with E-state index in [9.17, 15) is 4.79 Å². The van der Waals surface area contributed by atoms with E-state index in [2.05, 4.69) is 16.9 Å². The first-order chi connectivity index (χ1) is 6.19. The minimum Gasteiger partial charge on any atom is -0.310 e. The predicted molar refractivity (Wildman–Crippen MR) is 53.1 cm³/mol. The van der Waals surface area contributed by atoms with Crippen LogP contribution in [-0.4, -0.2) is 9.97 Å². The van der Waals surface area contributed by atoms with Crippen molar-refractivity contribution in [1.29, 1.82) is 0 Å². The summed E-state index contributed by atoms with van der Waals surface area (Å²) in [5.74, 6) is 1.24. The van der Waals surface area contributed by atoms with Crippen molar-refractivity contribution < 1.29 is 0 Å². The van der Waals surface area contributed by atoms with Crippen LogP contribution in [0.3, 0.4) is 0 Å². The van der Waals surface area contributed by atoms with Gasteiger partial charge >= 0.3 is 0 Å². The lowest BCUT2D eigenvalue weighted by atomic mass is 10.1. The molecule has 0 bridgehead atoms. The quantitative estimate of drug-likeness (QED) is 0.759. The van der Waals surface area contributed by atoms with E-state index in [4.69, 9.17) is 11.6 Å². The Labute approximate surface area is 82.2 Å². The molecule has 0 saturated carbocycles. The molecule has 1 unspecified atom stereocenters. The number of halogens is 1. The topological polar surface area (TPSA) is 45.8 Å². The zero-order chi connectivity index (χ0) is 9.84. The summed E-state index contributed by atoms with van der Waals surface area (Å²) in [6, 6.07) is 0. The van der Waals surface area contributed by atoms with E-state index in [1.807, 2.05) is 6.92 Å². The van der Waals surface area contributed by atoms with Gasteiger partial charge in [0.1, 0.15) is 5.82 Å². The van der Waals surface area contributed by atoms with E-state index in [1.54, 1.807) is 6.20 Å². The Hall–Kier alpha value is -0.830. The Kier molecular flexibility index (Phi) is 3.48. The Bertz CT molecular complexity index is 335. The summed E-state index contributed by atoms with van der Waals surface area (Å²) in [5.41, 5.74) is 0.397. The van der Waals surface area contributed by atoms with E-state index in [1.165, 1.54) is 0 Å². The molecule has 0 aliphatic carbocycles. The van der Waals surface area contributed by atoms with Crippen LogP contribution in [0.15, 0.2) is 11.0 Å². The first kappa shape index (κ1) is 10.3. The predicted octanol–water partition coefficient (Wildman–Crippen LogP) is 2.02. The highest BCUT2D eigenvalue weighted by Crippen LogP contribution is 2.11. The average Bonchev–Trinajstić information content (AvgIpc) is 2.16. The summed E-state index contributed by atoms with van der Waals surface area (Å²) in [7, 11) is 0. The molecule has 1 aromatic rings. The van der Waals surface area contributed by atoms with Crippen molar-refractivity contribution in [3.8, 4) is 0 Å². The first-order valence-electron chi connectivity index (χ1n) is 4.33. The Morgan fingerprint density at radius 2 is 2.38 bits per heavy atom. The van der Waals surface area contributed by atoms with Gasteiger partial charge in [0.25, 0.3) is 5.56 Å². The lowest BCUT2D eigenvalue weighted by molar-refractivity contribution is 0.672. The molecule has 4 heteroatoms. The van der Waals surface area contributed by atoms with Gasteiger partial charge in [-0.05, 0) is 6.42 Å². The van der Waals surface area contributed by atoms with Crippen LogP contribution in [0.4, 0.5) is 0 Å². The molecule has 0 saturated heterocycles.